The molecule has 0 fully saturated rings. The molecule has 1 aromatic rings. The summed E-state index contributed by atoms with van der Waals surface area (Å²) in [5.41, 5.74) is 0.630. The van der Waals surface area contributed by atoms with Crippen molar-refractivity contribution >= 4 is 11.9 Å². The summed E-state index contributed by atoms with van der Waals surface area (Å²) in [6.07, 6.45) is 0.201. The predicted octanol–water partition coefficient (Wildman–Crippen LogP) is 1.58. The van der Waals surface area contributed by atoms with E-state index in [9.17, 15) is 14.0 Å². The maximum atomic E-state index is 12.8. The number of esters is 1. The fourth-order valence-electron chi connectivity index (χ4n) is 1.80. The number of benzene rings is 1. The smallest absolute Gasteiger partial charge is 0.328 e. The summed E-state index contributed by atoms with van der Waals surface area (Å²) >= 11 is 0. The van der Waals surface area contributed by atoms with Crippen molar-refractivity contribution in [3.8, 4) is 6.07 Å². The number of halogens is 1. The zero-order valence-corrected chi connectivity index (χ0v) is 11.9. The Morgan fingerprint density at radius 2 is 2.00 bits per heavy atom. The zero-order chi connectivity index (χ0) is 15.8. The van der Waals surface area contributed by atoms with Crippen LogP contribution in [0.2, 0.25) is 0 Å². The molecule has 1 amide bonds. The summed E-state index contributed by atoms with van der Waals surface area (Å²) in [6, 6.07) is 6.66. The molecule has 2 atom stereocenters. The van der Waals surface area contributed by atoms with Gasteiger partial charge in [0, 0.05) is 5.92 Å². The van der Waals surface area contributed by atoms with Gasteiger partial charge in [-0.05, 0) is 31.0 Å². The van der Waals surface area contributed by atoms with Crippen LogP contribution in [-0.4, -0.2) is 25.0 Å². The second kappa shape index (κ2) is 8.00. The van der Waals surface area contributed by atoms with Crippen LogP contribution in [0, 0.1) is 23.1 Å². The molecule has 0 aliphatic heterocycles. The van der Waals surface area contributed by atoms with Crippen molar-refractivity contribution in [3.63, 3.8) is 0 Å². The van der Waals surface area contributed by atoms with Crippen molar-refractivity contribution in [2.24, 2.45) is 5.92 Å². The molecule has 1 rings (SSSR count). The minimum atomic E-state index is -0.863. The molecule has 0 aliphatic rings. The summed E-state index contributed by atoms with van der Waals surface area (Å²) in [6.45, 7) is 1.65. The van der Waals surface area contributed by atoms with E-state index in [-0.39, 0.29) is 30.5 Å². The van der Waals surface area contributed by atoms with E-state index in [1.807, 2.05) is 6.07 Å². The number of methoxy groups -OCH3 is 1. The van der Waals surface area contributed by atoms with Gasteiger partial charge in [0.05, 0.1) is 19.6 Å². The second-order valence-corrected chi connectivity index (χ2v) is 4.71. The van der Waals surface area contributed by atoms with Gasteiger partial charge in [-0.2, -0.15) is 5.26 Å². The Balaban J connectivity index is 2.65. The molecule has 0 aromatic heterocycles. The molecule has 0 heterocycles. The maximum Gasteiger partial charge on any atom is 0.328 e. The molecule has 6 heteroatoms. The molecule has 0 aliphatic carbocycles. The third-order valence-electron chi connectivity index (χ3n) is 2.91. The van der Waals surface area contributed by atoms with E-state index >= 15 is 0 Å². The number of nitrogens with one attached hydrogen (secondary N) is 1. The summed E-state index contributed by atoms with van der Waals surface area (Å²) in [5, 5.41) is 11.3. The molecule has 0 saturated heterocycles. The minimum absolute atomic E-state index is 0.0225. The zero-order valence-electron chi connectivity index (χ0n) is 11.9. The summed E-state index contributed by atoms with van der Waals surface area (Å²) in [7, 11) is 1.22. The van der Waals surface area contributed by atoms with Crippen LogP contribution < -0.4 is 5.32 Å². The van der Waals surface area contributed by atoms with Gasteiger partial charge >= 0.3 is 5.97 Å². The van der Waals surface area contributed by atoms with Crippen molar-refractivity contribution in [2.75, 3.05) is 7.11 Å². The van der Waals surface area contributed by atoms with Crippen molar-refractivity contribution in [1.82, 2.24) is 5.32 Å². The highest BCUT2D eigenvalue weighted by Gasteiger charge is 2.23. The van der Waals surface area contributed by atoms with Crippen LogP contribution in [0.25, 0.3) is 0 Å². The lowest BCUT2D eigenvalue weighted by Gasteiger charge is -2.17. The first-order valence-corrected chi connectivity index (χ1v) is 6.47. The van der Waals surface area contributed by atoms with Crippen LogP contribution in [0.4, 0.5) is 4.39 Å². The number of nitrogens with zero attached hydrogens (tertiary/aromatic N) is 1. The number of nitriles is 1. The molecule has 0 spiro atoms. The highest BCUT2D eigenvalue weighted by molar-refractivity contribution is 5.85. The molecule has 21 heavy (non-hydrogen) atoms. The average molecular weight is 292 g/mol. The highest BCUT2D eigenvalue weighted by Crippen LogP contribution is 2.08. The quantitative estimate of drug-likeness (QED) is 0.807. The van der Waals surface area contributed by atoms with Gasteiger partial charge in [-0.3, -0.25) is 4.79 Å². The normalized spacial score (nSPS) is 12.9. The van der Waals surface area contributed by atoms with E-state index < -0.39 is 12.0 Å². The SMILES string of the molecule is COC(=O)[C@@H](C[C@@H](C)C#N)NC(=O)Cc1ccc(F)cc1. The average Bonchev–Trinajstić information content (AvgIpc) is 2.47. The van der Waals surface area contributed by atoms with E-state index in [1.165, 1.54) is 31.4 Å². The molecule has 0 unspecified atom stereocenters. The van der Waals surface area contributed by atoms with Crippen molar-refractivity contribution in [3.05, 3.63) is 35.6 Å². The lowest BCUT2D eigenvalue weighted by Crippen LogP contribution is -2.43. The molecule has 5 nitrogen and oxygen atoms in total. The van der Waals surface area contributed by atoms with Gasteiger partial charge in [0.15, 0.2) is 0 Å². The van der Waals surface area contributed by atoms with Crippen LogP contribution in [0.5, 0.6) is 0 Å². The third kappa shape index (κ3) is 5.61. The van der Waals surface area contributed by atoms with Gasteiger partial charge in [-0.1, -0.05) is 12.1 Å². The van der Waals surface area contributed by atoms with Crippen molar-refractivity contribution < 1.29 is 18.7 Å². The molecule has 112 valence electrons. The van der Waals surface area contributed by atoms with Crippen molar-refractivity contribution in [1.29, 1.82) is 5.26 Å². The van der Waals surface area contributed by atoms with E-state index in [0.29, 0.717) is 5.56 Å². The van der Waals surface area contributed by atoms with Crippen LogP contribution in [-0.2, 0) is 20.7 Å². The number of hydrogen-bond donors (Lipinski definition) is 1. The van der Waals surface area contributed by atoms with Crippen molar-refractivity contribution in [2.45, 2.75) is 25.8 Å². The highest BCUT2D eigenvalue weighted by atomic mass is 19.1. The largest absolute Gasteiger partial charge is 0.467 e. The first kappa shape index (κ1) is 16.6. The first-order valence-electron chi connectivity index (χ1n) is 6.47. The van der Waals surface area contributed by atoms with Crippen LogP contribution in [0.15, 0.2) is 24.3 Å². The molecule has 1 aromatic carbocycles. The molecule has 0 bridgehead atoms. The van der Waals surface area contributed by atoms with Crippen LogP contribution in [0.3, 0.4) is 0 Å². The Bertz CT molecular complexity index is 537. The van der Waals surface area contributed by atoms with Gasteiger partial charge in [-0.25, -0.2) is 9.18 Å². The number of carbonyl (C=O) groups excluding carboxylic acids is 2. The number of rotatable bonds is 6. The number of hydrogen-bond acceptors (Lipinski definition) is 4. The topological polar surface area (TPSA) is 79.2 Å². The monoisotopic (exact) mass is 292 g/mol. The fraction of sp³-hybridized carbons (Fsp3) is 0.400. The van der Waals surface area contributed by atoms with E-state index in [4.69, 9.17) is 5.26 Å². The predicted molar refractivity (Wildman–Crippen MR) is 73.4 cm³/mol. The lowest BCUT2D eigenvalue weighted by molar-refractivity contribution is -0.145. The number of ether oxygens (including phenoxy) is 1. The van der Waals surface area contributed by atoms with Gasteiger partial charge in [0.2, 0.25) is 5.91 Å². The van der Waals surface area contributed by atoms with Gasteiger partial charge in [-0.15, -0.1) is 0 Å². The summed E-state index contributed by atoms with van der Waals surface area (Å²) < 4.78 is 17.4. The Hall–Kier alpha value is -2.42. The molecule has 1 N–H and O–H groups in total. The Morgan fingerprint density at radius 1 is 1.38 bits per heavy atom. The molecule has 0 saturated carbocycles. The number of amides is 1. The molecule has 0 radical (unpaired) electrons. The summed E-state index contributed by atoms with van der Waals surface area (Å²) in [5.74, 6) is -1.75. The van der Waals surface area contributed by atoms with Gasteiger partial charge < -0.3 is 10.1 Å². The van der Waals surface area contributed by atoms with Gasteiger partial charge in [0.1, 0.15) is 11.9 Å². The molecular weight excluding hydrogens is 275 g/mol. The third-order valence-corrected chi connectivity index (χ3v) is 2.91. The van der Waals surface area contributed by atoms with Crippen LogP contribution >= 0.6 is 0 Å². The van der Waals surface area contributed by atoms with E-state index in [0.717, 1.165) is 0 Å². The van der Waals surface area contributed by atoms with E-state index in [1.54, 1.807) is 6.92 Å². The van der Waals surface area contributed by atoms with E-state index in [2.05, 4.69) is 10.1 Å². The Labute approximate surface area is 122 Å². The van der Waals surface area contributed by atoms with Gasteiger partial charge in [0.25, 0.3) is 0 Å². The number of carbonyl (C=O) groups is 2. The van der Waals surface area contributed by atoms with Crippen LogP contribution in [0.1, 0.15) is 18.9 Å². The molecular formula is C15H17FN2O3. The maximum absolute atomic E-state index is 12.8. The minimum Gasteiger partial charge on any atom is -0.467 e. The Kier molecular flexibility index (Phi) is 6.34. The summed E-state index contributed by atoms with van der Waals surface area (Å²) in [4.78, 5) is 23.5. The standard InChI is InChI=1S/C15H17FN2O3/c1-10(9-17)7-13(15(20)21-2)18-14(19)8-11-3-5-12(16)6-4-11/h3-6,10,13H,7-8H2,1-2H3,(H,18,19)/t10-,13-/m1/s1. The Morgan fingerprint density at radius 3 is 2.52 bits per heavy atom. The lowest BCUT2D eigenvalue weighted by atomic mass is 10.0. The fourth-order valence-corrected chi connectivity index (χ4v) is 1.80. The second-order valence-electron chi connectivity index (χ2n) is 4.71. The first-order chi connectivity index (χ1) is 9.96.